The Kier molecular flexibility index (Phi) is 4.01. The van der Waals surface area contributed by atoms with Crippen molar-refractivity contribution in [3.8, 4) is 0 Å². The van der Waals surface area contributed by atoms with Crippen molar-refractivity contribution in [1.29, 1.82) is 0 Å². The molecule has 1 atom stereocenters. The summed E-state index contributed by atoms with van der Waals surface area (Å²) in [6.07, 6.45) is 3.55. The Labute approximate surface area is 131 Å². The van der Waals surface area contributed by atoms with Gasteiger partial charge in [0.05, 0.1) is 12.1 Å². The van der Waals surface area contributed by atoms with Crippen molar-refractivity contribution in [2.75, 3.05) is 13.1 Å². The summed E-state index contributed by atoms with van der Waals surface area (Å²) in [4.78, 5) is 19.1. The van der Waals surface area contributed by atoms with Gasteiger partial charge in [0.25, 0.3) is 0 Å². The molecule has 0 N–H and O–H groups in total. The Morgan fingerprint density at radius 2 is 2.09 bits per heavy atom. The zero-order valence-electron chi connectivity index (χ0n) is 13.5. The molecular formula is C18H23N3O. The summed E-state index contributed by atoms with van der Waals surface area (Å²) in [6, 6.07) is 8.12. The minimum absolute atomic E-state index is 0.225. The van der Waals surface area contributed by atoms with Gasteiger partial charge in [0.2, 0.25) is 5.91 Å². The van der Waals surface area contributed by atoms with E-state index >= 15 is 0 Å². The van der Waals surface area contributed by atoms with Crippen LogP contribution in [0.5, 0.6) is 0 Å². The summed E-state index contributed by atoms with van der Waals surface area (Å²) in [5.41, 5.74) is 3.36. The van der Waals surface area contributed by atoms with Crippen molar-refractivity contribution in [3.05, 3.63) is 53.1 Å². The summed E-state index contributed by atoms with van der Waals surface area (Å²) in [6.45, 7) is 5.70. The van der Waals surface area contributed by atoms with Crippen LogP contribution in [0.4, 0.5) is 0 Å². The topological polar surface area (TPSA) is 38.1 Å². The standard InChI is InChI=1S/C18H23N3O/c1-13-6-4-5-7-15(13)10-17(22)21-9-8-16(12-21)18-19-14(2)11-20(18)3/h4-7,11,16H,8-10,12H2,1-3H3/t16-/m0/s1. The first-order valence-corrected chi connectivity index (χ1v) is 7.86. The summed E-state index contributed by atoms with van der Waals surface area (Å²) < 4.78 is 2.09. The van der Waals surface area contributed by atoms with Crippen LogP contribution in [0.2, 0.25) is 0 Å². The average molecular weight is 297 g/mol. The molecule has 116 valence electrons. The second-order valence-electron chi connectivity index (χ2n) is 6.28. The largest absolute Gasteiger partial charge is 0.342 e. The summed E-state index contributed by atoms with van der Waals surface area (Å²) in [5.74, 6) is 1.69. The third kappa shape index (κ3) is 2.91. The molecule has 3 rings (SSSR count). The number of aryl methyl sites for hydroxylation is 3. The lowest BCUT2D eigenvalue weighted by atomic mass is 10.1. The molecule has 2 heterocycles. The van der Waals surface area contributed by atoms with Crippen molar-refractivity contribution < 1.29 is 4.79 Å². The van der Waals surface area contributed by atoms with Crippen LogP contribution in [0, 0.1) is 13.8 Å². The zero-order chi connectivity index (χ0) is 15.7. The number of carbonyl (C=O) groups is 1. The van der Waals surface area contributed by atoms with Crippen molar-refractivity contribution in [3.63, 3.8) is 0 Å². The van der Waals surface area contributed by atoms with E-state index in [4.69, 9.17) is 0 Å². The summed E-state index contributed by atoms with van der Waals surface area (Å²) in [5, 5.41) is 0. The Hall–Kier alpha value is -2.10. The quantitative estimate of drug-likeness (QED) is 0.873. The molecule has 4 heteroatoms. The van der Waals surface area contributed by atoms with Crippen molar-refractivity contribution >= 4 is 5.91 Å². The lowest BCUT2D eigenvalue weighted by Gasteiger charge is -2.17. The molecule has 0 spiro atoms. The number of carbonyl (C=O) groups excluding carboxylic acids is 1. The van der Waals surface area contributed by atoms with Gasteiger partial charge in [-0.25, -0.2) is 4.98 Å². The number of hydrogen-bond donors (Lipinski definition) is 0. The minimum atomic E-state index is 0.225. The molecule has 1 aromatic heterocycles. The van der Waals surface area contributed by atoms with Gasteiger partial charge in [-0.15, -0.1) is 0 Å². The maximum absolute atomic E-state index is 12.5. The maximum atomic E-state index is 12.5. The Morgan fingerprint density at radius 3 is 2.77 bits per heavy atom. The Morgan fingerprint density at radius 1 is 1.32 bits per heavy atom. The van der Waals surface area contributed by atoms with Gasteiger partial charge >= 0.3 is 0 Å². The number of nitrogens with zero attached hydrogens (tertiary/aromatic N) is 3. The molecule has 22 heavy (non-hydrogen) atoms. The van der Waals surface area contributed by atoms with Gasteiger partial charge in [0.15, 0.2) is 0 Å². The highest BCUT2D eigenvalue weighted by Gasteiger charge is 2.29. The predicted octanol–water partition coefficient (Wildman–Crippen LogP) is 2.60. The molecule has 0 unspecified atom stereocenters. The third-order valence-electron chi connectivity index (χ3n) is 4.54. The molecule has 1 aliphatic rings. The highest BCUT2D eigenvalue weighted by Crippen LogP contribution is 2.27. The van der Waals surface area contributed by atoms with Crippen LogP contribution in [0.15, 0.2) is 30.5 Å². The van der Waals surface area contributed by atoms with E-state index in [1.54, 1.807) is 0 Å². The number of aromatic nitrogens is 2. The van der Waals surface area contributed by atoms with E-state index in [-0.39, 0.29) is 5.91 Å². The van der Waals surface area contributed by atoms with Gasteiger partial charge in [0, 0.05) is 32.3 Å². The van der Waals surface area contributed by atoms with Gasteiger partial charge in [-0.2, -0.15) is 0 Å². The number of likely N-dealkylation sites (tertiary alicyclic amines) is 1. The van der Waals surface area contributed by atoms with Gasteiger partial charge in [-0.3, -0.25) is 4.79 Å². The van der Waals surface area contributed by atoms with E-state index in [0.29, 0.717) is 12.3 Å². The second kappa shape index (κ2) is 5.95. The van der Waals surface area contributed by atoms with Crippen LogP contribution in [-0.4, -0.2) is 33.4 Å². The molecule has 0 saturated carbocycles. The minimum Gasteiger partial charge on any atom is -0.342 e. The molecule has 1 saturated heterocycles. The fourth-order valence-corrected chi connectivity index (χ4v) is 3.29. The second-order valence-corrected chi connectivity index (χ2v) is 6.28. The normalized spacial score (nSPS) is 18.0. The van der Waals surface area contributed by atoms with Crippen molar-refractivity contribution in [2.45, 2.75) is 32.6 Å². The van der Waals surface area contributed by atoms with Crippen molar-refractivity contribution in [2.24, 2.45) is 7.05 Å². The van der Waals surface area contributed by atoms with E-state index in [2.05, 4.69) is 22.5 Å². The van der Waals surface area contributed by atoms with Crippen LogP contribution in [-0.2, 0) is 18.3 Å². The Bertz CT molecular complexity index is 689. The molecule has 4 nitrogen and oxygen atoms in total. The smallest absolute Gasteiger partial charge is 0.227 e. The first-order valence-electron chi connectivity index (χ1n) is 7.86. The van der Waals surface area contributed by atoms with Crippen LogP contribution in [0.25, 0.3) is 0 Å². The SMILES string of the molecule is Cc1cn(C)c([C@H]2CCN(C(=O)Cc3ccccc3C)C2)n1. The monoisotopic (exact) mass is 297 g/mol. The molecule has 1 aliphatic heterocycles. The molecule has 1 fully saturated rings. The summed E-state index contributed by atoms with van der Waals surface area (Å²) >= 11 is 0. The van der Waals surface area contributed by atoms with Crippen LogP contribution < -0.4 is 0 Å². The predicted molar refractivity (Wildman–Crippen MR) is 86.8 cm³/mol. The number of benzene rings is 1. The first kappa shape index (κ1) is 14.8. The molecule has 0 bridgehead atoms. The van der Waals surface area contributed by atoms with Crippen LogP contribution in [0.3, 0.4) is 0 Å². The Balaban J connectivity index is 1.66. The third-order valence-corrected chi connectivity index (χ3v) is 4.54. The number of amides is 1. The number of imidazole rings is 1. The fourth-order valence-electron chi connectivity index (χ4n) is 3.29. The number of hydrogen-bond acceptors (Lipinski definition) is 2. The van der Waals surface area contributed by atoms with Gasteiger partial charge < -0.3 is 9.47 Å². The first-order chi connectivity index (χ1) is 10.5. The lowest BCUT2D eigenvalue weighted by molar-refractivity contribution is -0.129. The van der Waals surface area contributed by atoms with E-state index in [1.165, 1.54) is 5.56 Å². The van der Waals surface area contributed by atoms with E-state index in [9.17, 15) is 4.79 Å². The zero-order valence-corrected chi connectivity index (χ0v) is 13.5. The molecule has 2 aromatic rings. The fraction of sp³-hybridized carbons (Fsp3) is 0.444. The van der Waals surface area contributed by atoms with Crippen LogP contribution >= 0.6 is 0 Å². The number of rotatable bonds is 3. The van der Waals surface area contributed by atoms with E-state index in [0.717, 1.165) is 36.6 Å². The van der Waals surface area contributed by atoms with Gasteiger partial charge in [-0.05, 0) is 31.4 Å². The van der Waals surface area contributed by atoms with Gasteiger partial charge in [0.1, 0.15) is 5.82 Å². The highest BCUT2D eigenvalue weighted by atomic mass is 16.2. The van der Waals surface area contributed by atoms with Crippen molar-refractivity contribution in [1.82, 2.24) is 14.5 Å². The molecular weight excluding hydrogens is 274 g/mol. The van der Waals surface area contributed by atoms with Crippen LogP contribution in [0.1, 0.15) is 35.0 Å². The molecule has 1 aromatic carbocycles. The molecule has 0 radical (unpaired) electrons. The lowest BCUT2D eigenvalue weighted by Crippen LogP contribution is -2.30. The highest BCUT2D eigenvalue weighted by molar-refractivity contribution is 5.79. The van der Waals surface area contributed by atoms with E-state index in [1.807, 2.05) is 43.3 Å². The molecule has 1 amide bonds. The molecule has 0 aliphatic carbocycles. The average Bonchev–Trinajstić information content (AvgIpc) is 3.08. The summed E-state index contributed by atoms with van der Waals surface area (Å²) in [7, 11) is 2.03. The van der Waals surface area contributed by atoms with E-state index < -0.39 is 0 Å². The maximum Gasteiger partial charge on any atom is 0.227 e. The van der Waals surface area contributed by atoms with Gasteiger partial charge in [-0.1, -0.05) is 24.3 Å².